The molecule has 4 nitrogen and oxygen atoms in total. The van der Waals surface area contributed by atoms with Gasteiger partial charge in [0, 0.05) is 18.8 Å². The van der Waals surface area contributed by atoms with E-state index in [1.807, 2.05) is 24.3 Å². The zero-order chi connectivity index (χ0) is 20.8. The number of aliphatic hydroxyl groups is 2. The molecule has 1 saturated carbocycles. The zero-order valence-electron chi connectivity index (χ0n) is 16.7. The number of alkyl halides is 1. The van der Waals surface area contributed by atoms with Gasteiger partial charge in [-0.3, -0.25) is 4.79 Å². The lowest BCUT2D eigenvalue weighted by Gasteiger charge is -2.20. The Morgan fingerprint density at radius 1 is 1.21 bits per heavy atom. The van der Waals surface area contributed by atoms with Crippen LogP contribution in [0.25, 0.3) is 0 Å². The van der Waals surface area contributed by atoms with Gasteiger partial charge in [-0.05, 0) is 55.1 Å². The Hall–Kier alpha value is -1.98. The molecule has 158 valence electrons. The lowest BCUT2D eigenvalue weighted by molar-refractivity contribution is -0.137. The van der Waals surface area contributed by atoms with Crippen molar-refractivity contribution in [2.75, 3.05) is 0 Å². The maximum Gasteiger partial charge on any atom is 0.303 e. The highest BCUT2D eigenvalue weighted by Crippen LogP contribution is 2.38. The van der Waals surface area contributed by atoms with Crippen molar-refractivity contribution in [2.45, 2.75) is 63.3 Å². The molecule has 1 fully saturated rings. The van der Waals surface area contributed by atoms with Crippen LogP contribution >= 0.6 is 0 Å². The van der Waals surface area contributed by atoms with E-state index in [0.717, 1.165) is 12.8 Å². The van der Waals surface area contributed by atoms with Crippen molar-refractivity contribution in [2.24, 2.45) is 17.8 Å². The highest BCUT2D eigenvalue weighted by molar-refractivity contribution is 5.66. The summed E-state index contributed by atoms with van der Waals surface area (Å²) in [4.78, 5) is 10.5. The molecule has 1 aromatic rings. The zero-order valence-corrected chi connectivity index (χ0v) is 16.7. The van der Waals surface area contributed by atoms with Gasteiger partial charge < -0.3 is 15.3 Å². The van der Waals surface area contributed by atoms with Gasteiger partial charge in [-0.15, -0.1) is 0 Å². The highest BCUT2D eigenvalue weighted by atomic mass is 19.1. The molecule has 3 rings (SSSR count). The number of aliphatic hydroxyl groups excluding tert-OH is 2. The smallest absolute Gasteiger partial charge is 0.303 e. The topological polar surface area (TPSA) is 77.8 Å². The lowest BCUT2D eigenvalue weighted by Crippen LogP contribution is -2.21. The second kappa shape index (κ2) is 10.2. The van der Waals surface area contributed by atoms with Crippen LogP contribution in [0.3, 0.4) is 0 Å². The van der Waals surface area contributed by atoms with Crippen molar-refractivity contribution in [1.29, 1.82) is 0 Å². The molecule has 0 saturated heterocycles. The minimum absolute atomic E-state index is 0.112. The molecular formula is C24H31FO4. The molecule has 1 aromatic carbocycles. The predicted molar refractivity (Wildman–Crippen MR) is 110 cm³/mol. The number of unbranched alkanes of at least 4 members (excludes halogenated alkanes) is 1. The van der Waals surface area contributed by atoms with E-state index in [4.69, 9.17) is 5.11 Å². The molecule has 0 aromatic heterocycles. The van der Waals surface area contributed by atoms with Crippen LogP contribution in [0, 0.1) is 17.8 Å². The van der Waals surface area contributed by atoms with Gasteiger partial charge in [-0.25, -0.2) is 4.39 Å². The third-order valence-corrected chi connectivity index (χ3v) is 6.31. The van der Waals surface area contributed by atoms with Crippen LogP contribution in [0.2, 0.25) is 0 Å². The van der Waals surface area contributed by atoms with Gasteiger partial charge in [-0.2, -0.15) is 0 Å². The summed E-state index contributed by atoms with van der Waals surface area (Å²) in [5.74, 6) is -1.32. The second-order valence-corrected chi connectivity index (χ2v) is 8.37. The fourth-order valence-corrected chi connectivity index (χ4v) is 4.64. The van der Waals surface area contributed by atoms with E-state index in [0.29, 0.717) is 19.3 Å². The lowest BCUT2D eigenvalue weighted by atomic mass is 9.89. The molecule has 0 spiro atoms. The quantitative estimate of drug-likeness (QED) is 0.433. The number of hydrogen-bond donors (Lipinski definition) is 3. The van der Waals surface area contributed by atoms with Crippen LogP contribution in [-0.2, 0) is 17.6 Å². The first kappa shape index (κ1) is 21.7. The largest absolute Gasteiger partial charge is 0.481 e. The molecule has 5 atom stereocenters. The number of allylic oxidation sites excluding steroid dienone is 3. The number of hydrogen-bond acceptors (Lipinski definition) is 3. The van der Waals surface area contributed by atoms with E-state index >= 15 is 0 Å². The Kier molecular flexibility index (Phi) is 7.62. The summed E-state index contributed by atoms with van der Waals surface area (Å²) in [5, 5.41) is 29.5. The third-order valence-electron chi connectivity index (χ3n) is 6.31. The average Bonchev–Trinajstić information content (AvgIpc) is 3.23. The van der Waals surface area contributed by atoms with Crippen LogP contribution < -0.4 is 0 Å². The summed E-state index contributed by atoms with van der Waals surface area (Å²) >= 11 is 0. The van der Waals surface area contributed by atoms with Gasteiger partial charge in [0.25, 0.3) is 0 Å². The number of fused-ring (bicyclic) bond motifs is 1. The van der Waals surface area contributed by atoms with E-state index in [1.54, 1.807) is 12.2 Å². The van der Waals surface area contributed by atoms with Gasteiger partial charge in [0.05, 0.1) is 12.2 Å². The number of carbonyl (C=O) groups is 1. The van der Waals surface area contributed by atoms with E-state index in [-0.39, 0.29) is 24.7 Å². The minimum Gasteiger partial charge on any atom is -0.481 e. The molecule has 3 N–H and O–H groups in total. The summed E-state index contributed by atoms with van der Waals surface area (Å²) in [6.07, 6.45) is 8.57. The van der Waals surface area contributed by atoms with Gasteiger partial charge in [0.1, 0.15) is 6.17 Å². The fourth-order valence-electron chi connectivity index (χ4n) is 4.64. The molecule has 2 aliphatic carbocycles. The van der Waals surface area contributed by atoms with E-state index in [2.05, 4.69) is 12.1 Å². The molecule has 0 heterocycles. The van der Waals surface area contributed by atoms with Gasteiger partial charge in [-0.1, -0.05) is 48.6 Å². The van der Waals surface area contributed by atoms with Crippen molar-refractivity contribution in [3.63, 3.8) is 0 Å². The Morgan fingerprint density at radius 3 is 2.55 bits per heavy atom. The third kappa shape index (κ3) is 5.77. The fraction of sp³-hybridized carbons (Fsp3) is 0.542. The van der Waals surface area contributed by atoms with Gasteiger partial charge in [0.15, 0.2) is 0 Å². The van der Waals surface area contributed by atoms with Crippen LogP contribution in [0.5, 0.6) is 0 Å². The Morgan fingerprint density at radius 2 is 1.90 bits per heavy atom. The monoisotopic (exact) mass is 402 g/mol. The molecule has 0 bridgehead atoms. The maximum atomic E-state index is 14.5. The molecule has 0 amide bonds. The molecule has 0 aliphatic heterocycles. The van der Waals surface area contributed by atoms with E-state index in [9.17, 15) is 19.4 Å². The van der Waals surface area contributed by atoms with Crippen molar-refractivity contribution in [3.05, 3.63) is 59.7 Å². The van der Waals surface area contributed by atoms with Gasteiger partial charge in [0.2, 0.25) is 0 Å². The number of rotatable bonds is 9. The summed E-state index contributed by atoms with van der Waals surface area (Å²) in [5.41, 5.74) is 2.55. The maximum absolute atomic E-state index is 14.5. The van der Waals surface area contributed by atoms with Crippen LogP contribution in [0.1, 0.15) is 43.2 Å². The first-order valence-electron chi connectivity index (χ1n) is 10.6. The van der Waals surface area contributed by atoms with Crippen molar-refractivity contribution in [3.8, 4) is 0 Å². The molecule has 5 heteroatoms. The molecule has 5 unspecified atom stereocenters. The Balaban J connectivity index is 1.53. The first-order chi connectivity index (χ1) is 14.0. The second-order valence-electron chi connectivity index (χ2n) is 8.37. The summed E-state index contributed by atoms with van der Waals surface area (Å²) in [6.45, 7) is 0. The normalized spacial score (nSPS) is 28.4. The Labute approximate surface area is 171 Å². The number of halogens is 1. The van der Waals surface area contributed by atoms with Crippen LogP contribution in [-0.4, -0.2) is 39.7 Å². The SMILES string of the molecule is O=C(O)CCC/C=C\CC1C(O)CC(F)C1/C=C/C(O)C1Cc2ccccc2C1. The highest BCUT2D eigenvalue weighted by Gasteiger charge is 2.40. The minimum atomic E-state index is -1.11. The van der Waals surface area contributed by atoms with Crippen molar-refractivity contribution in [1.82, 2.24) is 0 Å². The summed E-state index contributed by atoms with van der Waals surface area (Å²) in [7, 11) is 0. The van der Waals surface area contributed by atoms with Gasteiger partial charge >= 0.3 is 5.97 Å². The molecule has 2 aliphatic rings. The number of aliphatic carboxylic acids is 1. The summed E-state index contributed by atoms with van der Waals surface area (Å²) < 4.78 is 14.5. The number of carboxylic acids is 1. The molecule has 29 heavy (non-hydrogen) atoms. The first-order valence-corrected chi connectivity index (χ1v) is 10.6. The predicted octanol–water partition coefficient (Wildman–Crippen LogP) is 3.85. The van der Waals surface area contributed by atoms with Crippen LogP contribution in [0.4, 0.5) is 4.39 Å². The van der Waals surface area contributed by atoms with E-state index in [1.165, 1.54) is 11.1 Å². The van der Waals surface area contributed by atoms with Crippen molar-refractivity contribution >= 4 is 5.97 Å². The average molecular weight is 403 g/mol. The number of carboxylic acid groups (broad SMARTS) is 1. The molecular weight excluding hydrogens is 371 g/mol. The van der Waals surface area contributed by atoms with Crippen LogP contribution in [0.15, 0.2) is 48.6 Å². The van der Waals surface area contributed by atoms with E-state index < -0.39 is 30.3 Å². The Bertz CT molecular complexity index is 719. The van der Waals surface area contributed by atoms with Crippen molar-refractivity contribution < 1.29 is 24.5 Å². The molecule has 0 radical (unpaired) electrons. The standard InChI is InChI=1S/C24H31FO4/c25-21-15-23(27)20(9-3-1-2-4-10-24(28)29)19(21)11-12-22(26)18-13-16-7-5-6-8-17(16)14-18/h1,3,5-8,11-12,18-23,26-27H,2,4,9-10,13-15H2,(H,28,29)/b3-1-,12-11+. The number of benzene rings is 1. The summed E-state index contributed by atoms with van der Waals surface area (Å²) in [6, 6.07) is 8.21.